The van der Waals surface area contributed by atoms with Crippen LogP contribution in [0.4, 0.5) is 0 Å². The van der Waals surface area contributed by atoms with Crippen LogP contribution in [0.1, 0.15) is 12.5 Å². The van der Waals surface area contributed by atoms with Crippen molar-refractivity contribution < 1.29 is 17.1 Å². The van der Waals surface area contributed by atoms with Crippen LogP contribution in [0.25, 0.3) is 5.57 Å². The summed E-state index contributed by atoms with van der Waals surface area (Å²) < 4.78 is 0. The Kier molecular flexibility index (Phi) is 15.0. The fourth-order valence-electron chi connectivity index (χ4n) is 0.819. The summed E-state index contributed by atoms with van der Waals surface area (Å²) in [4.78, 5) is 0. The van der Waals surface area contributed by atoms with Gasteiger partial charge >= 0.3 is 17.1 Å². The van der Waals surface area contributed by atoms with E-state index in [0.717, 1.165) is 0 Å². The van der Waals surface area contributed by atoms with E-state index in [1.165, 1.54) is 11.1 Å². The zero-order valence-electron chi connectivity index (χ0n) is 7.89. The maximum Gasteiger partial charge on any atom is 1.00 e. The number of hydrogen-bond donors (Lipinski definition) is 0. The molecular weight excluding hydrogens is 246 g/mol. The van der Waals surface area contributed by atoms with Crippen LogP contribution in [0.2, 0.25) is 0 Å². The second kappa shape index (κ2) is 10.3. The molecule has 0 spiro atoms. The molecule has 0 N–H and O–H groups in total. The van der Waals surface area contributed by atoms with Gasteiger partial charge in [-0.15, -0.1) is 12.5 Å². The maximum atomic E-state index is 3.70. The minimum absolute atomic E-state index is 0. The fourth-order valence-corrected chi connectivity index (χ4v) is 0.819. The molecule has 0 aliphatic carbocycles. The first-order chi connectivity index (χ1) is 4.84. The van der Waals surface area contributed by atoms with Gasteiger partial charge in [0, 0.05) is 0 Å². The van der Waals surface area contributed by atoms with E-state index in [1.807, 2.05) is 24.3 Å². The molecule has 0 fully saturated rings. The first-order valence-corrected chi connectivity index (χ1v) is 3.36. The summed E-state index contributed by atoms with van der Waals surface area (Å²) in [7, 11) is 0. The third-order valence-electron chi connectivity index (χ3n) is 1.54. The Bertz CT molecular complexity index is 232. The first-order valence-electron chi connectivity index (χ1n) is 3.36. The smallest absolute Gasteiger partial charge is 0.244 e. The van der Waals surface area contributed by atoms with Crippen molar-refractivity contribution in [2.45, 2.75) is 6.92 Å². The summed E-state index contributed by atoms with van der Waals surface area (Å²) in [5, 5.41) is 0. The Morgan fingerprint density at radius 2 is 1.62 bits per heavy atom. The summed E-state index contributed by atoms with van der Waals surface area (Å²) in [5.74, 6) is 0. The van der Waals surface area contributed by atoms with Crippen molar-refractivity contribution >= 4 is 25.4 Å². The van der Waals surface area contributed by atoms with E-state index in [4.69, 9.17) is 0 Å². The van der Waals surface area contributed by atoms with Crippen molar-refractivity contribution in [2.24, 2.45) is 0 Å². The van der Waals surface area contributed by atoms with E-state index in [1.54, 1.807) is 0 Å². The topological polar surface area (TPSA) is 0 Å². The van der Waals surface area contributed by atoms with Crippen molar-refractivity contribution in [3.8, 4) is 0 Å². The van der Waals surface area contributed by atoms with Crippen LogP contribution in [0.3, 0.4) is 0 Å². The summed E-state index contributed by atoms with van der Waals surface area (Å²) in [6, 6.07) is 10.2. The molecule has 0 heterocycles. The molecule has 2 atom stereocenters. The van der Waals surface area contributed by atoms with Crippen LogP contribution in [0.15, 0.2) is 36.4 Å². The van der Waals surface area contributed by atoms with Gasteiger partial charge in [0.1, 0.15) is 0 Å². The molecule has 0 aliphatic rings. The Morgan fingerprint density at radius 3 is 2.00 bits per heavy atom. The summed E-state index contributed by atoms with van der Waals surface area (Å²) in [6.45, 7) is 5.76. The van der Waals surface area contributed by atoms with Crippen LogP contribution in [-0.2, 0) is 17.1 Å². The summed E-state index contributed by atoms with van der Waals surface area (Å²) >= 11 is 0. The molecule has 0 saturated heterocycles. The molecule has 0 nitrogen and oxygen atoms in total. The predicted molar refractivity (Wildman–Crippen MR) is 67.7 cm³/mol. The minimum Gasteiger partial charge on any atom is -0.244 e. The van der Waals surface area contributed by atoms with Gasteiger partial charge in [-0.3, -0.25) is 0 Å². The Labute approximate surface area is 98.3 Å². The van der Waals surface area contributed by atoms with Crippen molar-refractivity contribution in [2.75, 3.05) is 0 Å². The molecule has 0 radical (unpaired) electrons. The van der Waals surface area contributed by atoms with Crippen LogP contribution in [-0.4, -0.2) is 0 Å². The Balaban J connectivity index is -0.000000333. The standard InChI is InChI=1S/C10H11.Cu.2H3P/c1-3-9(2)10-7-5-4-6-8-10;;;/h3-8H,1H2,2H3;;2*1H3/q-1;+1;;/b9-3+;;;. The third kappa shape index (κ3) is 6.30. The third-order valence-corrected chi connectivity index (χ3v) is 1.54. The average molecular weight is 263 g/mol. The number of benzene rings is 1. The summed E-state index contributed by atoms with van der Waals surface area (Å²) in [6.07, 6.45) is 1.87. The molecule has 0 saturated carbocycles. The van der Waals surface area contributed by atoms with Gasteiger partial charge in [0.05, 0.1) is 0 Å². The Hall–Kier alpha value is 0.209. The molecule has 0 aromatic heterocycles. The number of allylic oxidation sites excluding steroid dienone is 2. The summed E-state index contributed by atoms with van der Waals surface area (Å²) in [5.41, 5.74) is 2.47. The number of hydrogen-bond acceptors (Lipinski definition) is 0. The van der Waals surface area contributed by atoms with Crippen LogP contribution in [0, 0.1) is 6.92 Å². The average Bonchev–Trinajstić information content (AvgIpc) is 2.05. The molecular formula is C10H17CuP2. The van der Waals surface area contributed by atoms with E-state index in [9.17, 15) is 0 Å². The van der Waals surface area contributed by atoms with Crippen LogP contribution < -0.4 is 0 Å². The second-order valence-corrected chi connectivity index (χ2v) is 2.25. The minimum atomic E-state index is 0. The first kappa shape index (κ1) is 18.9. The maximum absolute atomic E-state index is 3.70. The molecule has 78 valence electrons. The quantitative estimate of drug-likeness (QED) is 0.415. The molecule has 0 bridgehead atoms. The van der Waals surface area contributed by atoms with E-state index >= 15 is 0 Å². The normalized spacial score (nSPS) is 8.85. The van der Waals surface area contributed by atoms with Crippen molar-refractivity contribution in [1.29, 1.82) is 0 Å². The van der Waals surface area contributed by atoms with Gasteiger partial charge in [-0.05, 0) is 0 Å². The monoisotopic (exact) mass is 262 g/mol. The van der Waals surface area contributed by atoms with Gasteiger partial charge in [-0.1, -0.05) is 30.3 Å². The van der Waals surface area contributed by atoms with Crippen molar-refractivity contribution in [1.82, 2.24) is 0 Å². The molecule has 2 unspecified atom stereocenters. The van der Waals surface area contributed by atoms with E-state index in [-0.39, 0.29) is 36.9 Å². The van der Waals surface area contributed by atoms with E-state index in [2.05, 4.69) is 26.0 Å². The van der Waals surface area contributed by atoms with E-state index in [0.29, 0.717) is 0 Å². The predicted octanol–water partition coefficient (Wildman–Crippen LogP) is 3.04. The zero-order valence-corrected chi connectivity index (χ0v) is 11.7. The van der Waals surface area contributed by atoms with E-state index < -0.39 is 0 Å². The molecule has 3 heteroatoms. The van der Waals surface area contributed by atoms with Crippen LogP contribution >= 0.6 is 19.8 Å². The largest absolute Gasteiger partial charge is 1.00 e. The molecule has 1 aromatic rings. The number of rotatable bonds is 1. The molecule has 13 heavy (non-hydrogen) atoms. The van der Waals surface area contributed by atoms with Crippen LogP contribution in [0.5, 0.6) is 0 Å². The van der Waals surface area contributed by atoms with Gasteiger partial charge < -0.3 is 0 Å². The fraction of sp³-hybridized carbons (Fsp3) is 0.100. The Morgan fingerprint density at radius 1 is 1.15 bits per heavy atom. The SMILES string of the molecule is P.P.[CH2-]/C=C(\C)c1ccccc1.[Cu+]. The zero-order chi connectivity index (χ0) is 7.40. The van der Waals surface area contributed by atoms with Crippen molar-refractivity contribution in [3.63, 3.8) is 0 Å². The molecule has 1 aromatic carbocycles. The van der Waals surface area contributed by atoms with Gasteiger partial charge in [-0.25, -0.2) is 13.0 Å². The van der Waals surface area contributed by atoms with Gasteiger partial charge in [0.15, 0.2) is 0 Å². The van der Waals surface area contributed by atoms with Crippen molar-refractivity contribution in [3.05, 3.63) is 48.9 Å². The van der Waals surface area contributed by atoms with Gasteiger partial charge in [-0.2, -0.15) is 25.4 Å². The second-order valence-electron chi connectivity index (χ2n) is 2.25. The van der Waals surface area contributed by atoms with Gasteiger partial charge in [0.25, 0.3) is 0 Å². The molecule has 1 rings (SSSR count). The molecule has 0 aliphatic heterocycles. The van der Waals surface area contributed by atoms with Gasteiger partial charge in [0.2, 0.25) is 0 Å². The molecule has 0 amide bonds.